The topological polar surface area (TPSA) is 51.5 Å². The molecular formula is C14H12ClF2NO3. The number of furan rings is 1. The summed E-state index contributed by atoms with van der Waals surface area (Å²) in [6, 6.07) is 8.61. The van der Waals surface area contributed by atoms with Crippen LogP contribution in [0.5, 0.6) is 5.75 Å². The molecule has 21 heavy (non-hydrogen) atoms. The van der Waals surface area contributed by atoms with Crippen LogP contribution in [0.2, 0.25) is 5.22 Å². The molecule has 0 bridgehead atoms. The van der Waals surface area contributed by atoms with E-state index >= 15 is 0 Å². The predicted molar refractivity (Wildman–Crippen MR) is 72.7 cm³/mol. The van der Waals surface area contributed by atoms with E-state index in [0.29, 0.717) is 0 Å². The van der Waals surface area contributed by atoms with Gasteiger partial charge in [0.1, 0.15) is 5.75 Å². The molecule has 1 aromatic heterocycles. The van der Waals surface area contributed by atoms with E-state index < -0.39 is 12.5 Å². The first kappa shape index (κ1) is 15.3. The zero-order valence-corrected chi connectivity index (χ0v) is 11.7. The summed E-state index contributed by atoms with van der Waals surface area (Å²) in [7, 11) is 0. The van der Waals surface area contributed by atoms with Crippen molar-refractivity contribution in [1.82, 2.24) is 5.32 Å². The largest absolute Gasteiger partial charge is 0.440 e. The van der Waals surface area contributed by atoms with E-state index in [2.05, 4.69) is 10.1 Å². The van der Waals surface area contributed by atoms with Crippen LogP contribution in [0.15, 0.2) is 40.8 Å². The molecule has 1 unspecified atom stereocenters. The second-order valence-electron chi connectivity index (χ2n) is 4.25. The minimum absolute atomic E-state index is 0.0603. The summed E-state index contributed by atoms with van der Waals surface area (Å²) in [6.45, 7) is -1.11. The Bertz CT molecular complexity index is 613. The Labute approximate surface area is 124 Å². The number of nitrogens with one attached hydrogen (secondary N) is 1. The Hall–Kier alpha value is -2.08. The number of ether oxygens (including phenoxy) is 1. The SMILES string of the molecule is CC(NC(=O)c1ccc(Cl)o1)c1ccc(OC(F)F)cc1. The molecule has 0 aliphatic heterocycles. The summed E-state index contributed by atoms with van der Waals surface area (Å²) in [4.78, 5) is 11.9. The number of rotatable bonds is 5. The lowest BCUT2D eigenvalue weighted by Gasteiger charge is -2.14. The molecule has 0 aliphatic rings. The van der Waals surface area contributed by atoms with Crippen molar-refractivity contribution >= 4 is 17.5 Å². The second-order valence-corrected chi connectivity index (χ2v) is 4.62. The maximum atomic E-state index is 12.0. The number of hydrogen-bond acceptors (Lipinski definition) is 3. The van der Waals surface area contributed by atoms with Crippen molar-refractivity contribution in [3.8, 4) is 5.75 Å². The molecule has 0 saturated heterocycles. The van der Waals surface area contributed by atoms with Crippen LogP contribution in [-0.2, 0) is 0 Å². The Morgan fingerprint density at radius 2 is 1.90 bits per heavy atom. The zero-order valence-electron chi connectivity index (χ0n) is 11.0. The number of carbonyl (C=O) groups excluding carboxylic acids is 1. The summed E-state index contributed by atoms with van der Waals surface area (Å²) in [6.07, 6.45) is 0. The Balaban J connectivity index is 1.99. The lowest BCUT2D eigenvalue weighted by atomic mass is 10.1. The molecule has 1 amide bonds. The molecule has 1 atom stereocenters. The molecule has 0 aliphatic carbocycles. The molecule has 1 N–H and O–H groups in total. The average Bonchev–Trinajstić information content (AvgIpc) is 2.85. The Kier molecular flexibility index (Phi) is 4.80. The molecule has 0 radical (unpaired) electrons. The first-order chi connectivity index (χ1) is 9.95. The molecule has 4 nitrogen and oxygen atoms in total. The van der Waals surface area contributed by atoms with E-state index in [-0.39, 0.29) is 22.8 Å². The van der Waals surface area contributed by atoms with Gasteiger partial charge in [-0.2, -0.15) is 8.78 Å². The molecule has 1 heterocycles. The molecule has 112 valence electrons. The fourth-order valence-corrected chi connectivity index (χ4v) is 1.87. The first-order valence-corrected chi connectivity index (χ1v) is 6.44. The van der Waals surface area contributed by atoms with Crippen LogP contribution >= 0.6 is 11.6 Å². The smallest absolute Gasteiger partial charge is 0.387 e. The van der Waals surface area contributed by atoms with Crippen molar-refractivity contribution in [2.24, 2.45) is 0 Å². The van der Waals surface area contributed by atoms with Gasteiger partial charge in [0.15, 0.2) is 11.0 Å². The highest BCUT2D eigenvalue weighted by Gasteiger charge is 2.15. The minimum Gasteiger partial charge on any atom is -0.440 e. The van der Waals surface area contributed by atoms with Crippen molar-refractivity contribution in [1.29, 1.82) is 0 Å². The first-order valence-electron chi connectivity index (χ1n) is 6.06. The van der Waals surface area contributed by atoms with Crippen LogP contribution < -0.4 is 10.1 Å². The van der Waals surface area contributed by atoms with E-state index in [0.717, 1.165) is 5.56 Å². The zero-order chi connectivity index (χ0) is 15.4. The van der Waals surface area contributed by atoms with E-state index in [1.807, 2.05) is 0 Å². The van der Waals surface area contributed by atoms with E-state index in [4.69, 9.17) is 16.0 Å². The van der Waals surface area contributed by atoms with Gasteiger partial charge in [-0.3, -0.25) is 4.79 Å². The van der Waals surface area contributed by atoms with Gasteiger partial charge in [0.2, 0.25) is 0 Å². The third-order valence-electron chi connectivity index (χ3n) is 2.75. The number of hydrogen-bond donors (Lipinski definition) is 1. The van der Waals surface area contributed by atoms with Crippen LogP contribution in [0, 0.1) is 0 Å². The van der Waals surface area contributed by atoms with Gasteiger partial charge < -0.3 is 14.5 Å². The number of benzene rings is 1. The van der Waals surface area contributed by atoms with Crippen LogP contribution in [0.3, 0.4) is 0 Å². The molecule has 0 spiro atoms. The Morgan fingerprint density at radius 1 is 1.24 bits per heavy atom. The highest BCUT2D eigenvalue weighted by Crippen LogP contribution is 2.20. The van der Waals surface area contributed by atoms with Gasteiger partial charge in [-0.05, 0) is 48.4 Å². The lowest BCUT2D eigenvalue weighted by Crippen LogP contribution is -2.26. The number of alkyl halides is 2. The van der Waals surface area contributed by atoms with Gasteiger partial charge in [-0.25, -0.2) is 0 Å². The van der Waals surface area contributed by atoms with Crippen LogP contribution in [0.1, 0.15) is 29.1 Å². The van der Waals surface area contributed by atoms with Crippen molar-refractivity contribution in [2.45, 2.75) is 19.6 Å². The van der Waals surface area contributed by atoms with E-state index in [1.165, 1.54) is 24.3 Å². The molecule has 0 fully saturated rings. The van der Waals surface area contributed by atoms with Crippen molar-refractivity contribution in [3.63, 3.8) is 0 Å². The van der Waals surface area contributed by atoms with Gasteiger partial charge in [-0.15, -0.1) is 0 Å². The maximum Gasteiger partial charge on any atom is 0.387 e. The highest BCUT2D eigenvalue weighted by molar-refractivity contribution is 6.29. The normalized spacial score (nSPS) is 12.2. The van der Waals surface area contributed by atoms with Crippen LogP contribution in [-0.4, -0.2) is 12.5 Å². The number of amides is 1. The summed E-state index contributed by atoms with van der Waals surface area (Å²) < 4.78 is 33.3. The van der Waals surface area contributed by atoms with Gasteiger partial charge in [0, 0.05) is 0 Å². The average molecular weight is 316 g/mol. The molecular weight excluding hydrogens is 304 g/mol. The standard InChI is InChI=1S/C14H12ClF2NO3/c1-8(18-13(19)11-6-7-12(15)21-11)9-2-4-10(5-3-9)20-14(16)17/h2-8,14H,1H3,(H,18,19). The van der Waals surface area contributed by atoms with Gasteiger partial charge >= 0.3 is 6.61 Å². The fraction of sp³-hybridized carbons (Fsp3) is 0.214. The van der Waals surface area contributed by atoms with Crippen LogP contribution in [0.4, 0.5) is 8.78 Å². The Morgan fingerprint density at radius 3 is 2.43 bits per heavy atom. The quantitative estimate of drug-likeness (QED) is 0.906. The third-order valence-corrected chi connectivity index (χ3v) is 2.95. The third kappa shape index (κ3) is 4.19. The van der Waals surface area contributed by atoms with Crippen molar-refractivity contribution < 1.29 is 22.7 Å². The highest BCUT2D eigenvalue weighted by atomic mass is 35.5. The van der Waals surface area contributed by atoms with Gasteiger partial charge in [0.25, 0.3) is 5.91 Å². The minimum atomic E-state index is -2.86. The van der Waals surface area contributed by atoms with Gasteiger partial charge in [-0.1, -0.05) is 12.1 Å². The monoisotopic (exact) mass is 315 g/mol. The van der Waals surface area contributed by atoms with Crippen molar-refractivity contribution in [2.75, 3.05) is 0 Å². The molecule has 0 saturated carbocycles. The molecule has 2 rings (SSSR count). The second kappa shape index (κ2) is 6.58. The number of carbonyl (C=O) groups is 1. The van der Waals surface area contributed by atoms with Crippen LogP contribution in [0.25, 0.3) is 0 Å². The summed E-state index contributed by atoms with van der Waals surface area (Å²) in [5.74, 6) is -0.253. The molecule has 7 heteroatoms. The summed E-state index contributed by atoms with van der Waals surface area (Å²) >= 11 is 5.60. The van der Waals surface area contributed by atoms with Crippen molar-refractivity contribution in [3.05, 3.63) is 52.9 Å². The van der Waals surface area contributed by atoms with E-state index in [1.54, 1.807) is 19.1 Å². The summed E-state index contributed by atoms with van der Waals surface area (Å²) in [5, 5.41) is 2.83. The number of halogens is 3. The fourth-order valence-electron chi connectivity index (χ4n) is 1.73. The molecule has 1 aromatic carbocycles. The summed E-state index contributed by atoms with van der Waals surface area (Å²) in [5.41, 5.74) is 0.739. The molecule has 2 aromatic rings. The van der Waals surface area contributed by atoms with Gasteiger partial charge in [0.05, 0.1) is 6.04 Å². The van der Waals surface area contributed by atoms with E-state index in [9.17, 15) is 13.6 Å². The lowest BCUT2D eigenvalue weighted by molar-refractivity contribution is -0.0498. The maximum absolute atomic E-state index is 12.0. The predicted octanol–water partition coefficient (Wildman–Crippen LogP) is 4.03.